The van der Waals surface area contributed by atoms with Crippen LogP contribution in [0.2, 0.25) is 0 Å². The van der Waals surface area contributed by atoms with E-state index in [9.17, 15) is 9.13 Å². The van der Waals surface area contributed by atoms with Gasteiger partial charge in [0.2, 0.25) is 0 Å². The van der Waals surface area contributed by atoms with Gasteiger partial charge >= 0.3 is 19.0 Å². The molecule has 10 heteroatoms. The van der Waals surface area contributed by atoms with E-state index in [-0.39, 0.29) is 0 Å². The van der Waals surface area contributed by atoms with Crippen molar-refractivity contribution in [1.82, 2.24) is 0 Å². The van der Waals surface area contributed by atoms with Gasteiger partial charge in [-0.3, -0.25) is 9.13 Å². The van der Waals surface area contributed by atoms with Gasteiger partial charge in [-0.1, -0.05) is 78.6 Å². The van der Waals surface area contributed by atoms with Crippen molar-refractivity contribution >= 4 is 38.4 Å². The van der Waals surface area contributed by atoms with Crippen molar-refractivity contribution in [3.05, 3.63) is 0 Å². The van der Waals surface area contributed by atoms with Crippen molar-refractivity contribution in [2.45, 2.75) is 135 Å². The second-order valence-electron chi connectivity index (χ2n) is 7.68. The molecule has 0 aliphatic rings. The molecule has 0 bridgehead atoms. The lowest BCUT2D eigenvalue weighted by molar-refractivity contribution is 0.0894. The predicted molar refractivity (Wildman–Crippen MR) is 131 cm³/mol. The van der Waals surface area contributed by atoms with E-state index < -0.39 is 43.4 Å². The topological polar surface area (TPSA) is 71.1 Å². The summed E-state index contributed by atoms with van der Waals surface area (Å²) in [4.78, 5) is 0. The summed E-state index contributed by atoms with van der Waals surface area (Å²) in [5.74, 6) is 0. The highest BCUT2D eigenvalue weighted by atomic mass is 35.5. The molecule has 0 N–H and O–H groups in total. The van der Waals surface area contributed by atoms with E-state index >= 15 is 0 Å². The van der Waals surface area contributed by atoms with Crippen LogP contribution in [-0.4, -0.2) is 28.2 Å². The smallest absolute Gasteiger partial charge is 0.303 e. The molecule has 0 saturated carbocycles. The van der Waals surface area contributed by atoms with Crippen molar-refractivity contribution in [2.75, 3.05) is 0 Å². The molecule has 6 nitrogen and oxygen atoms in total. The van der Waals surface area contributed by atoms with Crippen molar-refractivity contribution in [2.24, 2.45) is 0 Å². The van der Waals surface area contributed by atoms with E-state index in [4.69, 9.17) is 41.3 Å². The van der Waals surface area contributed by atoms with Gasteiger partial charge in [-0.2, -0.15) is 0 Å². The van der Waals surface area contributed by atoms with Crippen LogP contribution >= 0.6 is 38.4 Å². The molecule has 0 aliphatic heterocycles. The molecule has 0 fully saturated rings. The maximum absolute atomic E-state index is 14.2. The van der Waals surface area contributed by atoms with Crippen LogP contribution in [0.15, 0.2) is 0 Å². The third-order valence-corrected chi connectivity index (χ3v) is 13.0. The normalized spacial score (nSPS) is 13.9. The van der Waals surface area contributed by atoms with Crippen LogP contribution in [0.3, 0.4) is 0 Å². The molecule has 0 heterocycles. The molecule has 0 rings (SSSR count). The lowest BCUT2D eigenvalue weighted by Crippen LogP contribution is -2.29. The maximum Gasteiger partial charge on any atom is 0.379 e. The van der Waals surface area contributed by atoms with E-state index in [0.717, 1.165) is 0 Å². The molecule has 0 aliphatic carbocycles. The Labute approximate surface area is 200 Å². The van der Waals surface area contributed by atoms with Crippen LogP contribution in [-0.2, 0) is 27.2 Å². The van der Waals surface area contributed by atoms with Gasteiger partial charge in [0.1, 0.15) is 0 Å². The highest BCUT2D eigenvalue weighted by Crippen LogP contribution is 2.83. The Bertz CT molecular complexity index is 490. The molecule has 0 aromatic heterocycles. The fourth-order valence-corrected chi connectivity index (χ4v) is 9.08. The minimum atomic E-state index is -4.36. The van der Waals surface area contributed by atoms with Crippen molar-refractivity contribution in [1.29, 1.82) is 0 Å². The first kappa shape index (κ1) is 31.9. The molecule has 0 spiro atoms. The average Bonchev–Trinajstić information content (AvgIpc) is 2.77. The summed E-state index contributed by atoms with van der Waals surface area (Å²) in [5.41, 5.74) is 0. The Balaban J connectivity index is 6.54. The first-order valence-electron chi connectivity index (χ1n) is 11.8. The quantitative estimate of drug-likeness (QED) is 0.131. The van der Waals surface area contributed by atoms with E-state index in [0.29, 0.717) is 51.4 Å². The summed E-state index contributed by atoms with van der Waals surface area (Å²) in [5, 5.41) is 0. The lowest BCUT2D eigenvalue weighted by Gasteiger charge is -2.39. The summed E-state index contributed by atoms with van der Waals surface area (Å²) in [6.45, 7) is 15.2. The predicted octanol–water partition coefficient (Wildman–Crippen LogP) is 9.28. The standard InChI is InChI=1S/C21H44Cl2O6P2/c1-9-17(10-2)26-30(24,27-18(11-3)12-4)21(22,23)31(25,28-19(13-5)14-6)29-20(15-7)16-8/h17-20H,9-16H2,1-8H3. The largest absolute Gasteiger partial charge is 0.379 e. The molecular weight excluding hydrogens is 481 g/mol. The van der Waals surface area contributed by atoms with Gasteiger partial charge in [-0.15, -0.1) is 0 Å². The van der Waals surface area contributed by atoms with Gasteiger partial charge in [0, 0.05) is 0 Å². The Kier molecular flexibility index (Phi) is 15.4. The van der Waals surface area contributed by atoms with Gasteiger partial charge in [0.05, 0.1) is 24.4 Å². The molecule has 188 valence electrons. The number of hydrogen-bond donors (Lipinski definition) is 0. The molecular formula is C21H44Cl2O6P2. The average molecular weight is 525 g/mol. The van der Waals surface area contributed by atoms with Crippen LogP contribution in [0.25, 0.3) is 0 Å². The van der Waals surface area contributed by atoms with E-state index in [1.165, 1.54) is 0 Å². The van der Waals surface area contributed by atoms with Crippen LogP contribution in [0, 0.1) is 0 Å². The molecule has 31 heavy (non-hydrogen) atoms. The minimum absolute atomic E-state index is 0.424. The Morgan fingerprint density at radius 1 is 0.516 bits per heavy atom. The zero-order valence-corrected chi connectivity index (χ0v) is 23.9. The Hall–Kier alpha value is 0.880. The maximum atomic E-state index is 14.2. The van der Waals surface area contributed by atoms with Crippen molar-refractivity contribution in [3.63, 3.8) is 0 Å². The zero-order valence-electron chi connectivity index (χ0n) is 20.6. The van der Waals surface area contributed by atoms with Gasteiger partial charge in [-0.05, 0) is 51.4 Å². The van der Waals surface area contributed by atoms with Crippen molar-refractivity contribution in [3.8, 4) is 0 Å². The van der Waals surface area contributed by atoms with Crippen LogP contribution < -0.4 is 0 Å². The van der Waals surface area contributed by atoms with Gasteiger partial charge in [-0.25, -0.2) is 0 Å². The van der Waals surface area contributed by atoms with Crippen LogP contribution in [0.5, 0.6) is 0 Å². The fourth-order valence-electron chi connectivity index (χ4n) is 2.99. The zero-order chi connectivity index (χ0) is 24.3. The lowest BCUT2D eigenvalue weighted by atomic mass is 10.2. The third-order valence-electron chi connectivity index (χ3n) is 5.45. The minimum Gasteiger partial charge on any atom is -0.303 e. The highest BCUT2D eigenvalue weighted by molar-refractivity contribution is 7.80. The van der Waals surface area contributed by atoms with E-state index in [1.807, 2.05) is 55.4 Å². The van der Waals surface area contributed by atoms with Gasteiger partial charge in [0.15, 0.2) is 0 Å². The first-order chi connectivity index (χ1) is 14.5. The fraction of sp³-hybridized carbons (Fsp3) is 1.00. The molecule has 0 aromatic carbocycles. The monoisotopic (exact) mass is 524 g/mol. The summed E-state index contributed by atoms with van der Waals surface area (Å²) in [7, 11) is -8.72. The third kappa shape index (κ3) is 8.55. The Morgan fingerprint density at radius 2 is 0.677 bits per heavy atom. The van der Waals surface area contributed by atoms with E-state index in [1.54, 1.807) is 0 Å². The number of rotatable bonds is 18. The van der Waals surface area contributed by atoms with Crippen LogP contribution in [0.1, 0.15) is 107 Å². The van der Waals surface area contributed by atoms with Gasteiger partial charge < -0.3 is 18.1 Å². The molecule has 0 saturated heterocycles. The molecule has 0 unspecified atom stereocenters. The highest BCUT2D eigenvalue weighted by Gasteiger charge is 2.66. The molecule has 0 atom stereocenters. The summed E-state index contributed by atoms with van der Waals surface area (Å²) < 4.78 is 49.6. The van der Waals surface area contributed by atoms with E-state index in [2.05, 4.69) is 0 Å². The second kappa shape index (κ2) is 15.0. The van der Waals surface area contributed by atoms with Gasteiger partial charge in [0.25, 0.3) is 0 Å². The second-order valence-corrected chi connectivity index (χ2v) is 14.6. The SMILES string of the molecule is CCC(CC)OP(=O)(OC(CC)CC)C(Cl)(Cl)P(=O)(OC(CC)CC)OC(CC)CC. The summed E-state index contributed by atoms with van der Waals surface area (Å²) >= 11 is 13.4. The first-order valence-corrected chi connectivity index (χ1v) is 15.6. The Morgan fingerprint density at radius 3 is 0.806 bits per heavy atom. The summed E-state index contributed by atoms with van der Waals surface area (Å²) in [6, 6.07) is 0. The molecule has 0 aromatic rings. The number of hydrogen-bond acceptors (Lipinski definition) is 6. The van der Waals surface area contributed by atoms with Crippen LogP contribution in [0.4, 0.5) is 0 Å². The molecule has 0 amide bonds. The van der Waals surface area contributed by atoms with Crippen molar-refractivity contribution < 1.29 is 27.2 Å². The number of halogens is 2. The number of alkyl halides is 2. The summed E-state index contributed by atoms with van der Waals surface area (Å²) in [6.07, 6.45) is 2.87. The molecule has 0 radical (unpaired) electrons.